The zero-order valence-electron chi connectivity index (χ0n) is 15.4. The van der Waals surface area contributed by atoms with Gasteiger partial charge in [-0.25, -0.2) is 9.37 Å². The maximum atomic E-state index is 13.1. The third kappa shape index (κ3) is 3.58. The fraction of sp³-hybridized carbons (Fsp3) is 0.500. The Labute approximate surface area is 163 Å². The van der Waals surface area contributed by atoms with Crippen LogP contribution in [0.15, 0.2) is 29.6 Å². The minimum Gasteiger partial charge on any atom is -0.364 e. The van der Waals surface area contributed by atoms with Gasteiger partial charge in [-0.15, -0.1) is 11.3 Å². The van der Waals surface area contributed by atoms with Crippen molar-refractivity contribution in [2.75, 3.05) is 31.1 Å². The first-order valence-corrected chi connectivity index (χ1v) is 10.6. The van der Waals surface area contributed by atoms with Gasteiger partial charge >= 0.3 is 0 Å². The summed E-state index contributed by atoms with van der Waals surface area (Å²) in [6.07, 6.45) is 5.19. The lowest BCUT2D eigenvalue weighted by Crippen LogP contribution is -3.22. The number of carbonyl (C=O) groups is 1. The molecule has 144 valence electrons. The number of thiazole rings is 1. The standard InChI is InChI=1S/C20H25FN4OS/c21-16-6-4-15(5-7-16)17-14-27-19(23-17)24-12-8-20(9-13-24,18(22)26)25-10-2-1-3-11-25/h4-7,14H,1-3,8-13H2,(H2,22,26)/p+1. The zero-order chi connectivity index (χ0) is 18.9. The summed E-state index contributed by atoms with van der Waals surface area (Å²) in [5.74, 6) is -0.390. The van der Waals surface area contributed by atoms with E-state index >= 15 is 0 Å². The zero-order valence-corrected chi connectivity index (χ0v) is 16.2. The van der Waals surface area contributed by atoms with E-state index in [1.165, 1.54) is 36.3 Å². The van der Waals surface area contributed by atoms with Crippen molar-refractivity contribution in [3.63, 3.8) is 0 Å². The first-order valence-electron chi connectivity index (χ1n) is 9.70. The Morgan fingerprint density at radius 2 is 1.81 bits per heavy atom. The highest BCUT2D eigenvalue weighted by molar-refractivity contribution is 7.14. The molecule has 0 spiro atoms. The highest BCUT2D eigenvalue weighted by Gasteiger charge is 2.49. The van der Waals surface area contributed by atoms with E-state index in [1.807, 2.05) is 5.38 Å². The number of nitrogens with zero attached hydrogens (tertiary/aromatic N) is 2. The van der Waals surface area contributed by atoms with Gasteiger partial charge in [-0.1, -0.05) is 0 Å². The summed E-state index contributed by atoms with van der Waals surface area (Å²) in [5.41, 5.74) is 7.25. The molecule has 0 saturated carbocycles. The molecule has 2 saturated heterocycles. The second-order valence-electron chi connectivity index (χ2n) is 7.62. The molecule has 3 heterocycles. The molecule has 1 aromatic heterocycles. The molecule has 0 aliphatic carbocycles. The predicted molar refractivity (Wildman–Crippen MR) is 105 cm³/mol. The Hall–Kier alpha value is -1.99. The minimum atomic E-state index is -0.423. The summed E-state index contributed by atoms with van der Waals surface area (Å²) in [6.45, 7) is 3.69. The Morgan fingerprint density at radius 1 is 1.15 bits per heavy atom. The molecular weight excluding hydrogens is 363 g/mol. The number of quaternary nitrogens is 1. The molecule has 0 bridgehead atoms. The molecule has 2 aromatic rings. The van der Waals surface area contributed by atoms with Gasteiger partial charge in [0.05, 0.1) is 18.8 Å². The Morgan fingerprint density at radius 3 is 2.44 bits per heavy atom. The highest BCUT2D eigenvalue weighted by Crippen LogP contribution is 2.31. The van der Waals surface area contributed by atoms with Crippen LogP contribution in [0.5, 0.6) is 0 Å². The van der Waals surface area contributed by atoms with E-state index in [-0.39, 0.29) is 11.7 Å². The molecule has 0 atom stereocenters. The van der Waals surface area contributed by atoms with Crippen molar-refractivity contribution in [3.05, 3.63) is 35.5 Å². The number of rotatable bonds is 4. The van der Waals surface area contributed by atoms with E-state index in [1.54, 1.807) is 23.5 Å². The number of piperidine rings is 2. The van der Waals surface area contributed by atoms with Crippen molar-refractivity contribution in [3.8, 4) is 11.3 Å². The van der Waals surface area contributed by atoms with Crippen molar-refractivity contribution < 1.29 is 14.1 Å². The number of nitrogens with one attached hydrogen (secondary N) is 1. The van der Waals surface area contributed by atoms with Crippen molar-refractivity contribution >= 4 is 22.4 Å². The van der Waals surface area contributed by atoms with Crippen LogP contribution in [0.3, 0.4) is 0 Å². The molecule has 27 heavy (non-hydrogen) atoms. The average Bonchev–Trinajstić information content (AvgIpc) is 3.19. The molecule has 0 radical (unpaired) electrons. The molecule has 1 amide bonds. The first-order chi connectivity index (χ1) is 13.1. The molecule has 1 aromatic carbocycles. The van der Waals surface area contributed by atoms with Gasteiger partial charge in [0.15, 0.2) is 10.7 Å². The van der Waals surface area contributed by atoms with Crippen molar-refractivity contribution in [1.82, 2.24) is 4.98 Å². The summed E-state index contributed by atoms with van der Waals surface area (Å²) < 4.78 is 13.1. The number of anilines is 1. The largest absolute Gasteiger partial charge is 0.364 e. The fourth-order valence-electron chi connectivity index (χ4n) is 4.47. The van der Waals surface area contributed by atoms with Gasteiger partial charge in [-0.05, 0) is 43.5 Å². The number of halogens is 1. The second-order valence-corrected chi connectivity index (χ2v) is 8.46. The van der Waals surface area contributed by atoms with Crippen molar-refractivity contribution in [2.45, 2.75) is 37.6 Å². The van der Waals surface area contributed by atoms with Crippen LogP contribution in [0.4, 0.5) is 9.52 Å². The van der Waals surface area contributed by atoms with Crippen LogP contribution in [0.2, 0.25) is 0 Å². The van der Waals surface area contributed by atoms with E-state index in [0.717, 1.165) is 55.4 Å². The summed E-state index contributed by atoms with van der Waals surface area (Å²) in [7, 11) is 0. The number of benzene rings is 1. The Bertz CT molecular complexity index is 793. The lowest BCUT2D eigenvalue weighted by molar-refractivity contribution is -0.947. The minimum absolute atomic E-state index is 0.148. The van der Waals surface area contributed by atoms with Gasteiger partial charge in [-0.2, -0.15) is 0 Å². The van der Waals surface area contributed by atoms with E-state index in [9.17, 15) is 9.18 Å². The first kappa shape index (κ1) is 18.4. The van der Waals surface area contributed by atoms with Crippen molar-refractivity contribution in [1.29, 1.82) is 0 Å². The molecule has 5 nitrogen and oxygen atoms in total. The van der Waals surface area contributed by atoms with Crippen LogP contribution >= 0.6 is 11.3 Å². The van der Waals surface area contributed by atoms with Crippen LogP contribution in [-0.2, 0) is 4.79 Å². The second kappa shape index (κ2) is 7.56. The molecule has 2 aliphatic rings. The van der Waals surface area contributed by atoms with Crippen LogP contribution in [-0.4, -0.2) is 42.6 Å². The van der Waals surface area contributed by atoms with E-state index in [0.29, 0.717) is 0 Å². The SMILES string of the molecule is NC(=O)C1([NH+]2CCCCC2)CCN(c2nc(-c3ccc(F)cc3)cs2)CC1. The number of nitrogens with two attached hydrogens (primary N) is 1. The van der Waals surface area contributed by atoms with E-state index < -0.39 is 5.54 Å². The van der Waals surface area contributed by atoms with Gasteiger partial charge in [0.25, 0.3) is 5.91 Å². The van der Waals surface area contributed by atoms with Crippen LogP contribution < -0.4 is 15.5 Å². The quantitative estimate of drug-likeness (QED) is 0.839. The molecule has 0 unspecified atom stereocenters. The monoisotopic (exact) mass is 389 g/mol. The topological polar surface area (TPSA) is 63.7 Å². The normalized spacial score (nSPS) is 20.6. The molecule has 2 fully saturated rings. The number of carbonyl (C=O) groups excluding carboxylic acids is 1. The smallest absolute Gasteiger partial charge is 0.278 e. The number of aromatic nitrogens is 1. The lowest BCUT2D eigenvalue weighted by atomic mass is 9.83. The summed E-state index contributed by atoms with van der Waals surface area (Å²) in [6, 6.07) is 6.42. The van der Waals surface area contributed by atoms with Gasteiger partial charge in [0.2, 0.25) is 0 Å². The average molecular weight is 390 g/mol. The van der Waals surface area contributed by atoms with E-state index in [4.69, 9.17) is 10.7 Å². The number of primary amides is 1. The van der Waals surface area contributed by atoms with Gasteiger partial charge in [0, 0.05) is 36.9 Å². The number of amides is 1. The maximum Gasteiger partial charge on any atom is 0.278 e. The molecule has 4 rings (SSSR count). The molecule has 7 heteroatoms. The van der Waals surface area contributed by atoms with Gasteiger partial charge < -0.3 is 15.5 Å². The maximum absolute atomic E-state index is 13.1. The Balaban J connectivity index is 1.47. The van der Waals surface area contributed by atoms with Gasteiger partial charge in [0.1, 0.15) is 5.82 Å². The third-order valence-corrected chi connectivity index (χ3v) is 7.03. The summed E-state index contributed by atoms with van der Waals surface area (Å²) in [4.78, 5) is 20.7. The Kier molecular flexibility index (Phi) is 5.14. The van der Waals surface area contributed by atoms with Crippen LogP contribution in [0, 0.1) is 5.82 Å². The number of hydrogen-bond acceptors (Lipinski definition) is 4. The van der Waals surface area contributed by atoms with Crippen molar-refractivity contribution in [2.24, 2.45) is 5.73 Å². The molecule has 3 N–H and O–H groups in total. The van der Waals surface area contributed by atoms with Crippen LogP contribution in [0.25, 0.3) is 11.3 Å². The van der Waals surface area contributed by atoms with Gasteiger partial charge in [-0.3, -0.25) is 4.79 Å². The molecular formula is C20H26FN4OS+. The highest BCUT2D eigenvalue weighted by atomic mass is 32.1. The number of hydrogen-bond donors (Lipinski definition) is 2. The third-order valence-electron chi connectivity index (χ3n) is 6.13. The fourth-order valence-corrected chi connectivity index (χ4v) is 5.36. The molecule has 2 aliphatic heterocycles. The number of likely N-dealkylation sites (tertiary alicyclic amines) is 1. The summed E-state index contributed by atoms with van der Waals surface area (Å²) >= 11 is 1.60. The summed E-state index contributed by atoms with van der Waals surface area (Å²) in [5, 5.41) is 2.97. The van der Waals surface area contributed by atoms with E-state index in [2.05, 4.69) is 4.90 Å². The predicted octanol–water partition coefficient (Wildman–Crippen LogP) is 1.84. The van der Waals surface area contributed by atoms with Crippen LogP contribution in [0.1, 0.15) is 32.1 Å². The lowest BCUT2D eigenvalue weighted by Gasteiger charge is -2.45.